The Morgan fingerprint density at radius 3 is 2.36 bits per heavy atom. The fraction of sp³-hybridized carbons (Fsp3) is 0.444. The van der Waals surface area contributed by atoms with Crippen LogP contribution in [-0.4, -0.2) is 30.4 Å². The van der Waals surface area contributed by atoms with Crippen molar-refractivity contribution in [3.05, 3.63) is 42.0 Å². The molecule has 2 unspecified atom stereocenters. The molecule has 1 aliphatic heterocycles. The molecule has 3 rings (SSSR count). The Labute approximate surface area is 130 Å². The van der Waals surface area contributed by atoms with Crippen LogP contribution in [0, 0.1) is 11.8 Å². The molecule has 1 aliphatic carbocycles. The third-order valence-corrected chi connectivity index (χ3v) is 4.62. The van der Waals surface area contributed by atoms with Gasteiger partial charge in [-0.15, -0.1) is 0 Å². The van der Waals surface area contributed by atoms with Crippen LogP contribution in [-0.2, 0) is 16.0 Å². The molecule has 0 N–H and O–H groups in total. The molecule has 1 aromatic carbocycles. The van der Waals surface area contributed by atoms with Gasteiger partial charge in [0, 0.05) is 6.54 Å². The van der Waals surface area contributed by atoms with Crippen molar-refractivity contribution < 1.29 is 14.3 Å². The van der Waals surface area contributed by atoms with Crippen LogP contribution in [0.1, 0.15) is 24.8 Å². The molecule has 0 saturated carbocycles. The number of imide groups is 1. The maximum absolute atomic E-state index is 12.4. The van der Waals surface area contributed by atoms with Crippen LogP contribution < -0.4 is 4.74 Å². The first kappa shape index (κ1) is 14.8. The predicted octanol–water partition coefficient (Wildman–Crippen LogP) is 2.58. The van der Waals surface area contributed by atoms with E-state index in [1.165, 1.54) is 4.90 Å². The van der Waals surface area contributed by atoms with Gasteiger partial charge in [-0.2, -0.15) is 0 Å². The highest BCUT2D eigenvalue weighted by Crippen LogP contribution is 2.35. The van der Waals surface area contributed by atoms with Gasteiger partial charge in [0.25, 0.3) is 0 Å². The molecule has 22 heavy (non-hydrogen) atoms. The van der Waals surface area contributed by atoms with Crippen molar-refractivity contribution in [3.8, 4) is 5.75 Å². The molecule has 4 nitrogen and oxygen atoms in total. The first-order valence-corrected chi connectivity index (χ1v) is 7.84. The Bertz CT molecular complexity index is 582. The van der Waals surface area contributed by atoms with Crippen LogP contribution in [0.3, 0.4) is 0 Å². The summed E-state index contributed by atoms with van der Waals surface area (Å²) in [6.45, 7) is 0.503. The van der Waals surface area contributed by atoms with Crippen LogP contribution in [0.2, 0.25) is 0 Å². The zero-order valence-electron chi connectivity index (χ0n) is 12.8. The number of fused-ring (bicyclic) bond motifs is 1. The Balaban J connectivity index is 1.60. The van der Waals surface area contributed by atoms with Gasteiger partial charge in [-0.25, -0.2) is 0 Å². The molecule has 1 heterocycles. The lowest BCUT2D eigenvalue weighted by Gasteiger charge is -2.15. The maximum Gasteiger partial charge on any atom is 0.233 e. The maximum atomic E-state index is 12.4. The van der Waals surface area contributed by atoms with E-state index in [2.05, 4.69) is 0 Å². The second-order valence-corrected chi connectivity index (χ2v) is 5.90. The number of carbonyl (C=O) groups is 2. The molecule has 0 radical (unpaired) electrons. The number of rotatable bonds is 5. The van der Waals surface area contributed by atoms with E-state index >= 15 is 0 Å². The topological polar surface area (TPSA) is 46.6 Å². The van der Waals surface area contributed by atoms with E-state index in [4.69, 9.17) is 4.74 Å². The zero-order chi connectivity index (χ0) is 15.5. The summed E-state index contributed by atoms with van der Waals surface area (Å²) in [5.41, 5.74) is 1.11. The number of benzene rings is 1. The van der Waals surface area contributed by atoms with E-state index in [1.807, 2.05) is 36.4 Å². The molecule has 1 saturated heterocycles. The second kappa shape index (κ2) is 6.34. The van der Waals surface area contributed by atoms with Crippen LogP contribution in [0.5, 0.6) is 5.75 Å². The fourth-order valence-electron chi connectivity index (χ4n) is 3.43. The Morgan fingerprint density at radius 2 is 1.73 bits per heavy atom. The highest BCUT2D eigenvalue weighted by molar-refractivity contribution is 6.05. The van der Waals surface area contributed by atoms with Crippen molar-refractivity contribution in [2.45, 2.75) is 25.7 Å². The quantitative estimate of drug-likeness (QED) is 0.620. The fourth-order valence-corrected chi connectivity index (χ4v) is 3.43. The van der Waals surface area contributed by atoms with Crippen molar-refractivity contribution in [2.75, 3.05) is 13.7 Å². The number of ether oxygens (including phenoxy) is 1. The average molecular weight is 299 g/mol. The molecule has 116 valence electrons. The first-order chi connectivity index (χ1) is 10.7. The van der Waals surface area contributed by atoms with Gasteiger partial charge < -0.3 is 4.74 Å². The summed E-state index contributed by atoms with van der Waals surface area (Å²) in [5.74, 6) is 0.644. The largest absolute Gasteiger partial charge is 0.496 e. The number of hydrogen-bond donors (Lipinski definition) is 0. The summed E-state index contributed by atoms with van der Waals surface area (Å²) in [4.78, 5) is 26.2. The van der Waals surface area contributed by atoms with Crippen LogP contribution in [0.4, 0.5) is 0 Å². The summed E-state index contributed by atoms with van der Waals surface area (Å²) in [6, 6.07) is 7.87. The summed E-state index contributed by atoms with van der Waals surface area (Å²) in [6.07, 6.45) is 7.02. The lowest BCUT2D eigenvalue weighted by Crippen LogP contribution is -2.32. The first-order valence-electron chi connectivity index (χ1n) is 7.84. The number of methoxy groups -OCH3 is 1. The van der Waals surface area contributed by atoms with E-state index < -0.39 is 0 Å². The minimum absolute atomic E-state index is 0.0133. The highest BCUT2D eigenvalue weighted by atomic mass is 16.5. The van der Waals surface area contributed by atoms with Crippen LogP contribution in [0.15, 0.2) is 36.4 Å². The summed E-state index contributed by atoms with van der Waals surface area (Å²) < 4.78 is 5.33. The minimum atomic E-state index is -0.122. The lowest BCUT2D eigenvalue weighted by molar-refractivity contribution is -0.139. The van der Waals surface area contributed by atoms with Crippen LogP contribution >= 0.6 is 0 Å². The minimum Gasteiger partial charge on any atom is -0.496 e. The lowest BCUT2D eigenvalue weighted by atomic mass is 9.85. The van der Waals surface area contributed by atoms with Gasteiger partial charge >= 0.3 is 0 Å². The molecule has 0 aromatic heterocycles. The molecule has 1 fully saturated rings. The molecule has 0 spiro atoms. The number of para-hydroxylation sites is 1. The predicted molar refractivity (Wildman–Crippen MR) is 83.4 cm³/mol. The SMILES string of the molecule is COc1ccccc1CCCN1C(=O)C2CC=CCC2C1=O. The number of carbonyl (C=O) groups excluding carboxylic acids is 2. The van der Waals surface area contributed by atoms with Crippen molar-refractivity contribution in [1.82, 2.24) is 4.90 Å². The van der Waals surface area contributed by atoms with Gasteiger partial charge in [-0.05, 0) is 37.3 Å². The van der Waals surface area contributed by atoms with Gasteiger partial charge in [-0.1, -0.05) is 30.4 Å². The zero-order valence-corrected chi connectivity index (χ0v) is 12.8. The molecular weight excluding hydrogens is 278 g/mol. The summed E-state index contributed by atoms with van der Waals surface area (Å²) in [5, 5.41) is 0. The van der Waals surface area contributed by atoms with E-state index in [1.54, 1.807) is 7.11 Å². The third-order valence-electron chi connectivity index (χ3n) is 4.62. The molecule has 2 aliphatic rings. The number of aryl methyl sites for hydroxylation is 1. The van der Waals surface area contributed by atoms with E-state index in [0.29, 0.717) is 19.4 Å². The summed E-state index contributed by atoms with van der Waals surface area (Å²) in [7, 11) is 1.66. The normalized spacial score (nSPS) is 23.8. The van der Waals surface area contributed by atoms with Crippen molar-refractivity contribution in [1.29, 1.82) is 0 Å². The number of hydrogen-bond acceptors (Lipinski definition) is 3. The van der Waals surface area contributed by atoms with Gasteiger partial charge in [0.2, 0.25) is 11.8 Å². The highest BCUT2D eigenvalue weighted by Gasteiger charge is 2.46. The van der Waals surface area contributed by atoms with E-state index in [0.717, 1.165) is 24.2 Å². The van der Waals surface area contributed by atoms with E-state index in [-0.39, 0.29) is 23.7 Å². The molecule has 1 aromatic rings. The Morgan fingerprint density at radius 1 is 1.09 bits per heavy atom. The average Bonchev–Trinajstić information content (AvgIpc) is 2.80. The van der Waals surface area contributed by atoms with Crippen molar-refractivity contribution in [2.24, 2.45) is 11.8 Å². The summed E-state index contributed by atoms with van der Waals surface area (Å²) >= 11 is 0. The Kier molecular flexibility index (Phi) is 4.27. The molecule has 4 heteroatoms. The Hall–Kier alpha value is -2.10. The van der Waals surface area contributed by atoms with Gasteiger partial charge in [0.05, 0.1) is 18.9 Å². The number of allylic oxidation sites excluding steroid dienone is 2. The van der Waals surface area contributed by atoms with Gasteiger partial charge in [0.15, 0.2) is 0 Å². The van der Waals surface area contributed by atoms with Crippen LogP contribution in [0.25, 0.3) is 0 Å². The standard InChI is InChI=1S/C18H21NO3/c1-22-16-11-5-2-7-13(16)8-6-12-19-17(20)14-9-3-4-10-15(14)18(19)21/h2-5,7,11,14-15H,6,8-10,12H2,1H3. The smallest absolute Gasteiger partial charge is 0.233 e. The van der Waals surface area contributed by atoms with E-state index in [9.17, 15) is 9.59 Å². The van der Waals surface area contributed by atoms with Crippen molar-refractivity contribution >= 4 is 11.8 Å². The number of likely N-dealkylation sites (tertiary alicyclic amines) is 1. The second-order valence-electron chi connectivity index (χ2n) is 5.90. The van der Waals surface area contributed by atoms with Gasteiger partial charge in [-0.3, -0.25) is 14.5 Å². The third kappa shape index (κ3) is 2.65. The molecule has 2 amide bonds. The number of amides is 2. The molecular formula is C18H21NO3. The monoisotopic (exact) mass is 299 g/mol. The van der Waals surface area contributed by atoms with Gasteiger partial charge in [0.1, 0.15) is 5.75 Å². The molecule has 2 atom stereocenters. The van der Waals surface area contributed by atoms with Crippen molar-refractivity contribution in [3.63, 3.8) is 0 Å². The molecule has 0 bridgehead atoms. The number of nitrogens with zero attached hydrogens (tertiary/aromatic N) is 1.